The maximum atomic E-state index is 14.5. The molecule has 416 valence electrons. The largest absolute Gasteiger partial charge is 0.481 e. The molecule has 3 aliphatic heterocycles. The van der Waals surface area contributed by atoms with E-state index in [-0.39, 0.29) is 55.6 Å². The third-order valence-corrected chi connectivity index (χ3v) is 23.6. The van der Waals surface area contributed by atoms with E-state index in [2.05, 4.69) is 52.4 Å². The zero-order chi connectivity index (χ0) is 53.4. The van der Waals surface area contributed by atoms with E-state index in [1.807, 2.05) is 6.92 Å². The van der Waals surface area contributed by atoms with Crippen LogP contribution in [-0.2, 0) is 25.5 Å². The SMILES string of the molecule is CC1(CO)CCC2(C(=O)O)C(C1)C1=CCC34CCCC1(C1Cc5[nH]cnc5NCC12)C3(C)CCC1C(C)(CO)C(OC2OCC(O)C(O)C2O)C(O)C(CC2C(CO)C(=O)NC2C(CCC(N)O)c2cnc[nH]2)C14C. The van der Waals surface area contributed by atoms with Gasteiger partial charge < -0.3 is 81.8 Å². The highest BCUT2D eigenvalue weighted by Gasteiger charge is 2.82. The summed E-state index contributed by atoms with van der Waals surface area (Å²) < 4.78 is 12.7. The second-order valence-corrected chi connectivity index (χ2v) is 26.1. The molecular weight excluding hydrogens is 967 g/mol. The minimum absolute atomic E-state index is 0.0608. The van der Waals surface area contributed by atoms with Crippen LogP contribution in [0.2, 0.25) is 0 Å². The molecule has 2 saturated heterocycles. The molecule has 2 aromatic heterocycles. The van der Waals surface area contributed by atoms with Crippen molar-refractivity contribution in [3.8, 4) is 0 Å². The van der Waals surface area contributed by atoms with Crippen molar-refractivity contribution in [2.45, 2.75) is 166 Å². The van der Waals surface area contributed by atoms with Gasteiger partial charge >= 0.3 is 5.97 Å². The first-order chi connectivity index (χ1) is 35.7. The Labute approximate surface area is 438 Å². The molecule has 0 aromatic carbocycles. The summed E-state index contributed by atoms with van der Waals surface area (Å²) in [4.78, 5) is 44.5. The van der Waals surface area contributed by atoms with Crippen molar-refractivity contribution in [2.24, 2.45) is 85.1 Å². The van der Waals surface area contributed by atoms with Gasteiger partial charge in [-0.1, -0.05) is 45.8 Å². The molecule has 20 nitrogen and oxygen atoms in total. The van der Waals surface area contributed by atoms with Gasteiger partial charge in [0.15, 0.2) is 6.29 Å². The number of allylic oxidation sites excluding steroid dienone is 2. The van der Waals surface area contributed by atoms with Gasteiger partial charge in [0.25, 0.3) is 0 Å². The number of rotatable bonds is 13. The molecule has 6 aliphatic carbocycles. The number of aliphatic hydroxyl groups is 8. The summed E-state index contributed by atoms with van der Waals surface area (Å²) >= 11 is 0. The van der Waals surface area contributed by atoms with E-state index < -0.39 is 130 Å². The Morgan fingerprint density at radius 3 is 2.44 bits per heavy atom. The van der Waals surface area contributed by atoms with Gasteiger partial charge in [0, 0.05) is 47.8 Å². The van der Waals surface area contributed by atoms with Crippen molar-refractivity contribution in [1.82, 2.24) is 25.3 Å². The first-order valence-corrected chi connectivity index (χ1v) is 27.9. The summed E-state index contributed by atoms with van der Waals surface area (Å²) in [6.07, 6.45) is 4.45. The number of hydrogen-bond donors (Lipinski definition) is 14. The lowest BCUT2D eigenvalue weighted by molar-refractivity contribution is -0.362. The number of imidazole rings is 2. The highest BCUT2D eigenvalue weighted by Crippen LogP contribution is 2.86. The van der Waals surface area contributed by atoms with E-state index in [1.54, 1.807) is 18.9 Å². The first kappa shape index (κ1) is 53.5. The number of carboxylic acids is 1. The van der Waals surface area contributed by atoms with Crippen molar-refractivity contribution < 1.29 is 65.0 Å². The number of nitrogens with two attached hydrogens (primary N) is 1. The lowest BCUT2D eigenvalue weighted by atomic mass is 9.22. The fourth-order valence-electron chi connectivity index (χ4n) is 20.1. The quantitative estimate of drug-likeness (QED) is 0.0774. The van der Waals surface area contributed by atoms with Crippen LogP contribution in [0, 0.1) is 79.3 Å². The van der Waals surface area contributed by atoms with Crippen molar-refractivity contribution in [3.63, 3.8) is 0 Å². The van der Waals surface area contributed by atoms with Crippen LogP contribution in [0.4, 0.5) is 5.82 Å². The molecule has 23 unspecified atom stereocenters. The van der Waals surface area contributed by atoms with Gasteiger partial charge in [-0.25, -0.2) is 9.97 Å². The summed E-state index contributed by atoms with van der Waals surface area (Å²) in [5, 5.41) is 110. The number of H-pyrrole nitrogens is 2. The van der Waals surface area contributed by atoms with Gasteiger partial charge in [-0.15, -0.1) is 0 Å². The number of carbonyl (C=O) groups is 2. The summed E-state index contributed by atoms with van der Waals surface area (Å²) in [6.45, 7) is 7.86. The lowest BCUT2D eigenvalue weighted by Gasteiger charge is -2.82. The van der Waals surface area contributed by atoms with Crippen LogP contribution in [-0.4, -0.2) is 160 Å². The molecule has 1 amide bonds. The molecule has 75 heavy (non-hydrogen) atoms. The summed E-state index contributed by atoms with van der Waals surface area (Å²) in [7, 11) is 0. The zero-order valence-corrected chi connectivity index (χ0v) is 43.9. The molecule has 0 radical (unpaired) electrons. The summed E-state index contributed by atoms with van der Waals surface area (Å²) in [5.74, 6) is -4.32. The Balaban J connectivity index is 1.12. The minimum atomic E-state index is -1.69. The maximum Gasteiger partial charge on any atom is 0.310 e. The Bertz CT molecular complexity index is 2500. The van der Waals surface area contributed by atoms with Crippen molar-refractivity contribution >= 4 is 17.7 Å². The summed E-state index contributed by atoms with van der Waals surface area (Å²) in [5.41, 5.74) is 3.33. The molecule has 5 saturated carbocycles. The molecule has 5 heterocycles. The molecule has 9 aliphatic rings. The number of nitrogens with zero attached hydrogens (tertiary/aromatic N) is 2. The third-order valence-electron chi connectivity index (χ3n) is 23.6. The molecule has 2 bridgehead atoms. The Hall–Kier alpha value is -3.54. The predicted octanol–water partition coefficient (Wildman–Crippen LogP) is 1.89. The number of hydrogen-bond acceptors (Lipinski definition) is 16. The fourth-order valence-corrected chi connectivity index (χ4v) is 20.1. The van der Waals surface area contributed by atoms with Gasteiger partial charge in [-0.3, -0.25) is 9.59 Å². The number of carbonyl (C=O) groups excluding carboxylic acids is 1. The van der Waals surface area contributed by atoms with Crippen LogP contribution in [0.5, 0.6) is 0 Å². The molecule has 23 atom stereocenters. The van der Waals surface area contributed by atoms with Crippen LogP contribution in [0.1, 0.15) is 122 Å². The standard InChI is InChI=1S/C55H83N7O13/c1-49(23-64)14-15-54(48(72)73)33(18-49)30-8-13-53-10-5-11-55(30,31-17-35-45(61-26-60-35)58-19-34(31)54)51(53,3)12-9-38-50(2,24-65)44(75-47-43(70)42(69)37(66)22-74-47)41(68)32(52(38,53)4)16-28-29(21-63)46(71)62-40(28)27(6-7-39(56)67)36-20-57-25-59-36/h8,20,25-29,31-34,37-44,47,58,63-70H,5-7,9-19,21-24,56H2,1-4H3,(H,57,59)(H,60,61)(H,62,71)(H,72,73). The normalized spacial score (nSPS) is 48.7. The average molecular weight is 1050 g/mol. The highest BCUT2D eigenvalue weighted by atomic mass is 16.7. The molecule has 2 aromatic rings. The van der Waals surface area contributed by atoms with Gasteiger partial charge in [0.05, 0.1) is 61.7 Å². The van der Waals surface area contributed by atoms with E-state index in [4.69, 9.17) is 20.2 Å². The number of nitrogens with one attached hydrogen (secondary N) is 4. The van der Waals surface area contributed by atoms with Crippen molar-refractivity contribution in [2.75, 3.05) is 38.3 Å². The smallest absolute Gasteiger partial charge is 0.310 e. The minimum Gasteiger partial charge on any atom is -0.481 e. The Morgan fingerprint density at radius 2 is 1.75 bits per heavy atom. The van der Waals surface area contributed by atoms with E-state index in [0.29, 0.717) is 63.6 Å². The van der Waals surface area contributed by atoms with E-state index in [9.17, 15) is 55.5 Å². The second-order valence-electron chi connectivity index (χ2n) is 26.1. The number of fused-ring (bicyclic) bond motifs is 6. The number of aliphatic carboxylic acids is 1. The number of ether oxygens (including phenoxy) is 2. The van der Waals surface area contributed by atoms with Gasteiger partial charge in [-0.2, -0.15) is 0 Å². The second kappa shape index (κ2) is 18.8. The van der Waals surface area contributed by atoms with Crippen LogP contribution in [0.15, 0.2) is 30.5 Å². The van der Waals surface area contributed by atoms with E-state index in [0.717, 1.165) is 30.8 Å². The fraction of sp³-hybridized carbons (Fsp3) is 0.818. The summed E-state index contributed by atoms with van der Waals surface area (Å²) in [6, 6.07) is -0.616. The molecule has 7 fully saturated rings. The maximum absolute atomic E-state index is 14.5. The third kappa shape index (κ3) is 7.25. The predicted molar refractivity (Wildman–Crippen MR) is 269 cm³/mol. The number of aromatic amines is 2. The van der Waals surface area contributed by atoms with Crippen LogP contribution < -0.4 is 16.4 Å². The molecule has 20 heteroatoms. The zero-order valence-electron chi connectivity index (χ0n) is 43.9. The molecule has 11 rings (SSSR count). The van der Waals surface area contributed by atoms with Crippen LogP contribution >= 0.6 is 0 Å². The Kier molecular flexibility index (Phi) is 13.4. The van der Waals surface area contributed by atoms with Crippen molar-refractivity contribution in [1.29, 1.82) is 0 Å². The Morgan fingerprint density at radius 1 is 0.960 bits per heavy atom. The van der Waals surface area contributed by atoms with Gasteiger partial charge in [0.1, 0.15) is 30.4 Å². The number of carboxylic acid groups (broad SMARTS) is 1. The van der Waals surface area contributed by atoms with E-state index in [1.165, 1.54) is 5.57 Å². The molecular formula is C55H83N7O13. The number of anilines is 1. The number of amides is 1. The van der Waals surface area contributed by atoms with Crippen molar-refractivity contribution in [3.05, 3.63) is 41.9 Å². The number of aromatic nitrogens is 4. The number of aliphatic hydroxyl groups excluding tert-OH is 8. The molecule has 1 spiro atoms. The topological polar surface area (TPSA) is 342 Å². The first-order valence-electron chi connectivity index (χ1n) is 27.9. The monoisotopic (exact) mass is 1050 g/mol. The lowest BCUT2D eigenvalue weighted by Crippen LogP contribution is -2.79. The highest BCUT2D eigenvalue weighted by molar-refractivity contribution is 5.82. The molecule has 15 N–H and O–H groups in total. The van der Waals surface area contributed by atoms with Crippen LogP contribution in [0.3, 0.4) is 0 Å². The van der Waals surface area contributed by atoms with Gasteiger partial charge in [0.2, 0.25) is 5.91 Å². The van der Waals surface area contributed by atoms with Gasteiger partial charge in [-0.05, 0) is 134 Å². The van der Waals surface area contributed by atoms with E-state index >= 15 is 0 Å². The van der Waals surface area contributed by atoms with Crippen LogP contribution in [0.25, 0.3) is 0 Å². The average Bonchev–Trinajstić information content (AvgIpc) is 4.13.